The molecule has 2 aromatic carbocycles. The third-order valence-electron chi connectivity index (χ3n) is 3.33. The van der Waals surface area contributed by atoms with Crippen LogP contribution in [0.5, 0.6) is 0 Å². The number of benzene rings is 2. The number of nitrogens with one attached hydrogen (secondary N) is 2. The topological polar surface area (TPSA) is 58.2 Å². The van der Waals surface area contributed by atoms with Gasteiger partial charge >= 0.3 is 0 Å². The Bertz CT molecular complexity index is 636. The van der Waals surface area contributed by atoms with E-state index in [2.05, 4.69) is 10.6 Å². The Balaban J connectivity index is 2.05. The average molecular weight is 296 g/mol. The molecule has 4 heteroatoms. The molecule has 2 N–H and O–H groups in total. The van der Waals surface area contributed by atoms with Crippen LogP contribution in [0.3, 0.4) is 0 Å². The van der Waals surface area contributed by atoms with Gasteiger partial charge in [-0.15, -0.1) is 0 Å². The van der Waals surface area contributed by atoms with Crippen LogP contribution >= 0.6 is 0 Å². The van der Waals surface area contributed by atoms with Crippen LogP contribution < -0.4 is 10.6 Å². The lowest BCUT2D eigenvalue weighted by atomic mass is 10.1. The maximum Gasteiger partial charge on any atom is 0.247 e. The minimum absolute atomic E-state index is 0.220. The smallest absolute Gasteiger partial charge is 0.247 e. The lowest BCUT2D eigenvalue weighted by Gasteiger charge is -2.18. The largest absolute Gasteiger partial charge is 0.350 e. The lowest BCUT2D eigenvalue weighted by molar-refractivity contribution is -0.128. The molecule has 0 aliphatic carbocycles. The zero-order valence-electron chi connectivity index (χ0n) is 12.8. The van der Waals surface area contributed by atoms with Crippen LogP contribution in [0.15, 0.2) is 54.6 Å². The Kier molecular flexibility index (Phi) is 5.31. The first-order chi connectivity index (χ1) is 10.6. The van der Waals surface area contributed by atoms with Gasteiger partial charge in [0, 0.05) is 13.5 Å². The Morgan fingerprint density at radius 3 is 2.23 bits per heavy atom. The van der Waals surface area contributed by atoms with E-state index < -0.39 is 6.04 Å². The van der Waals surface area contributed by atoms with E-state index in [9.17, 15) is 9.59 Å². The van der Waals surface area contributed by atoms with E-state index in [1.54, 1.807) is 0 Å². The van der Waals surface area contributed by atoms with Crippen LogP contribution in [-0.4, -0.2) is 11.8 Å². The normalized spacial score (nSPS) is 11.5. The monoisotopic (exact) mass is 296 g/mol. The first kappa shape index (κ1) is 15.8. The summed E-state index contributed by atoms with van der Waals surface area (Å²) in [7, 11) is 0. The Hall–Kier alpha value is -2.62. The molecule has 2 rings (SSSR count). The molecule has 0 bridgehead atoms. The van der Waals surface area contributed by atoms with Gasteiger partial charge < -0.3 is 10.6 Å². The van der Waals surface area contributed by atoms with Crippen molar-refractivity contribution in [3.8, 4) is 0 Å². The predicted molar refractivity (Wildman–Crippen MR) is 86.0 cm³/mol. The number of aryl methyl sites for hydroxylation is 1. The third kappa shape index (κ3) is 4.45. The second kappa shape index (κ2) is 7.41. The summed E-state index contributed by atoms with van der Waals surface area (Å²) in [5.41, 5.74) is 2.96. The number of carbonyl (C=O) groups is 2. The molecule has 0 radical (unpaired) electrons. The molecule has 0 aliphatic heterocycles. The Morgan fingerprint density at radius 1 is 1.00 bits per heavy atom. The molecule has 0 heterocycles. The maximum atomic E-state index is 12.4. The van der Waals surface area contributed by atoms with Gasteiger partial charge in [0.15, 0.2) is 0 Å². The molecule has 0 aromatic heterocycles. The minimum Gasteiger partial charge on any atom is -0.350 e. The van der Waals surface area contributed by atoms with Crippen LogP contribution in [0.25, 0.3) is 0 Å². The summed E-state index contributed by atoms with van der Waals surface area (Å²) in [6, 6.07) is 16.5. The van der Waals surface area contributed by atoms with Crippen molar-refractivity contribution in [3.05, 3.63) is 71.3 Å². The first-order valence-corrected chi connectivity index (χ1v) is 7.21. The zero-order chi connectivity index (χ0) is 15.9. The fraction of sp³-hybridized carbons (Fsp3) is 0.222. The van der Waals surface area contributed by atoms with Gasteiger partial charge in [0.2, 0.25) is 11.8 Å². The van der Waals surface area contributed by atoms with Crippen molar-refractivity contribution < 1.29 is 9.59 Å². The van der Waals surface area contributed by atoms with E-state index in [0.29, 0.717) is 6.54 Å². The summed E-state index contributed by atoms with van der Waals surface area (Å²) < 4.78 is 0. The van der Waals surface area contributed by atoms with Crippen molar-refractivity contribution in [2.24, 2.45) is 0 Å². The van der Waals surface area contributed by atoms with E-state index in [0.717, 1.165) is 11.1 Å². The summed E-state index contributed by atoms with van der Waals surface area (Å²) in [6.45, 7) is 3.86. The highest BCUT2D eigenvalue weighted by Crippen LogP contribution is 2.13. The summed E-state index contributed by atoms with van der Waals surface area (Å²) in [6.07, 6.45) is 0. The highest BCUT2D eigenvalue weighted by molar-refractivity contribution is 5.87. The summed E-state index contributed by atoms with van der Waals surface area (Å²) >= 11 is 0. The van der Waals surface area contributed by atoms with E-state index in [4.69, 9.17) is 0 Å². The standard InChI is InChI=1S/C18H20N2O2/c1-13-8-10-15(11-9-13)12-19-18(22)17(20-14(2)21)16-6-4-3-5-7-16/h3-11,17H,12H2,1-2H3,(H,19,22)(H,20,21). The highest BCUT2D eigenvalue weighted by Gasteiger charge is 2.20. The zero-order valence-corrected chi connectivity index (χ0v) is 12.8. The highest BCUT2D eigenvalue weighted by atomic mass is 16.2. The van der Waals surface area contributed by atoms with E-state index in [1.165, 1.54) is 12.5 Å². The Morgan fingerprint density at radius 2 is 1.64 bits per heavy atom. The molecule has 114 valence electrons. The second-order valence-electron chi connectivity index (χ2n) is 5.25. The van der Waals surface area contributed by atoms with Gasteiger partial charge in [0.25, 0.3) is 0 Å². The van der Waals surface area contributed by atoms with Gasteiger partial charge in [0.1, 0.15) is 6.04 Å². The molecular formula is C18H20N2O2. The molecule has 1 atom stereocenters. The molecule has 0 fully saturated rings. The van der Waals surface area contributed by atoms with Crippen molar-refractivity contribution in [3.63, 3.8) is 0 Å². The summed E-state index contributed by atoms with van der Waals surface area (Å²) in [5, 5.41) is 5.56. The van der Waals surface area contributed by atoms with Gasteiger partial charge in [0.05, 0.1) is 0 Å². The van der Waals surface area contributed by atoms with Gasteiger partial charge in [-0.25, -0.2) is 0 Å². The summed E-state index contributed by atoms with van der Waals surface area (Å²) in [4.78, 5) is 23.7. The molecule has 22 heavy (non-hydrogen) atoms. The van der Waals surface area contributed by atoms with E-state index in [1.807, 2.05) is 61.5 Å². The number of hydrogen-bond donors (Lipinski definition) is 2. The van der Waals surface area contributed by atoms with Crippen LogP contribution in [-0.2, 0) is 16.1 Å². The number of hydrogen-bond acceptors (Lipinski definition) is 2. The number of rotatable bonds is 5. The molecule has 2 amide bonds. The van der Waals surface area contributed by atoms with Crippen molar-refractivity contribution in [1.29, 1.82) is 0 Å². The van der Waals surface area contributed by atoms with Gasteiger partial charge in [-0.05, 0) is 18.1 Å². The van der Waals surface area contributed by atoms with E-state index in [-0.39, 0.29) is 11.8 Å². The van der Waals surface area contributed by atoms with Crippen LogP contribution in [0.4, 0.5) is 0 Å². The van der Waals surface area contributed by atoms with E-state index >= 15 is 0 Å². The number of amides is 2. The third-order valence-corrected chi connectivity index (χ3v) is 3.33. The molecule has 0 saturated carbocycles. The van der Waals surface area contributed by atoms with Crippen LogP contribution in [0.2, 0.25) is 0 Å². The van der Waals surface area contributed by atoms with Crippen LogP contribution in [0, 0.1) is 6.92 Å². The van der Waals surface area contributed by atoms with Gasteiger partial charge in [-0.2, -0.15) is 0 Å². The SMILES string of the molecule is CC(=O)NC(C(=O)NCc1ccc(C)cc1)c1ccccc1. The Labute approximate surface area is 130 Å². The molecule has 1 unspecified atom stereocenters. The predicted octanol–water partition coefficient (Wildman–Crippen LogP) is 2.49. The molecule has 4 nitrogen and oxygen atoms in total. The fourth-order valence-corrected chi connectivity index (χ4v) is 2.15. The molecule has 0 saturated heterocycles. The molecule has 0 aliphatic rings. The molecule has 2 aromatic rings. The quantitative estimate of drug-likeness (QED) is 0.890. The summed E-state index contributed by atoms with van der Waals surface area (Å²) in [5.74, 6) is -0.457. The van der Waals surface area contributed by atoms with Crippen molar-refractivity contribution in [1.82, 2.24) is 10.6 Å². The van der Waals surface area contributed by atoms with Crippen molar-refractivity contribution >= 4 is 11.8 Å². The minimum atomic E-state index is -0.677. The number of carbonyl (C=O) groups excluding carboxylic acids is 2. The first-order valence-electron chi connectivity index (χ1n) is 7.21. The second-order valence-corrected chi connectivity index (χ2v) is 5.25. The van der Waals surface area contributed by atoms with Gasteiger partial charge in [-0.1, -0.05) is 60.2 Å². The molecule has 0 spiro atoms. The lowest BCUT2D eigenvalue weighted by Crippen LogP contribution is -2.39. The molecular weight excluding hydrogens is 276 g/mol. The maximum absolute atomic E-state index is 12.4. The van der Waals surface area contributed by atoms with Crippen LogP contribution in [0.1, 0.15) is 29.7 Å². The average Bonchev–Trinajstić information content (AvgIpc) is 2.52. The van der Waals surface area contributed by atoms with Gasteiger partial charge in [-0.3, -0.25) is 9.59 Å². The fourth-order valence-electron chi connectivity index (χ4n) is 2.15. The van der Waals surface area contributed by atoms with Crippen molar-refractivity contribution in [2.75, 3.05) is 0 Å². The van der Waals surface area contributed by atoms with Crippen molar-refractivity contribution in [2.45, 2.75) is 26.4 Å².